The maximum atomic E-state index is 12.5. The van der Waals surface area contributed by atoms with E-state index in [0.29, 0.717) is 5.75 Å². The maximum absolute atomic E-state index is 12.5. The first-order valence-corrected chi connectivity index (χ1v) is 10.9. The van der Waals surface area contributed by atoms with Gasteiger partial charge in [0.2, 0.25) is 0 Å². The molecule has 2 heterocycles. The van der Waals surface area contributed by atoms with E-state index < -0.39 is 0 Å². The zero-order valence-corrected chi connectivity index (χ0v) is 17.0. The first kappa shape index (κ1) is 17.2. The molecule has 0 radical (unpaired) electrons. The van der Waals surface area contributed by atoms with Crippen molar-refractivity contribution in [2.45, 2.75) is 31.2 Å². The number of benzene rings is 1. The highest BCUT2D eigenvalue weighted by atomic mass is 79.9. The molecule has 0 spiro atoms. The number of halogens is 1. The normalized spacial score (nSPS) is 16.8. The third-order valence-corrected chi connectivity index (χ3v) is 7.24. The number of aromatic nitrogens is 2. The predicted octanol–water partition coefficient (Wildman–Crippen LogP) is 5.55. The third kappa shape index (κ3) is 3.52. The number of ketones is 1. The average molecular weight is 433 g/mol. The zero-order valence-electron chi connectivity index (χ0n) is 13.8. The topological polar surface area (TPSA) is 42.9 Å². The Morgan fingerprint density at radius 2 is 2.12 bits per heavy atom. The molecule has 0 amide bonds. The van der Waals surface area contributed by atoms with E-state index in [4.69, 9.17) is 0 Å². The highest BCUT2D eigenvalue weighted by molar-refractivity contribution is 9.10. The van der Waals surface area contributed by atoms with Crippen molar-refractivity contribution in [2.24, 2.45) is 5.92 Å². The molecule has 128 valence electrons. The Morgan fingerprint density at radius 1 is 1.32 bits per heavy atom. The van der Waals surface area contributed by atoms with Crippen LogP contribution in [0, 0.1) is 5.92 Å². The third-order valence-electron chi connectivity index (χ3n) is 4.56. The van der Waals surface area contributed by atoms with Gasteiger partial charge in [-0.05, 0) is 42.9 Å². The molecule has 0 fully saturated rings. The van der Waals surface area contributed by atoms with Crippen LogP contribution in [-0.4, -0.2) is 21.5 Å². The molecule has 0 N–H and O–H groups in total. The van der Waals surface area contributed by atoms with Gasteiger partial charge in [0.25, 0.3) is 0 Å². The number of carbonyl (C=O) groups is 1. The Morgan fingerprint density at radius 3 is 2.92 bits per heavy atom. The Hall–Kier alpha value is -1.24. The number of carbonyl (C=O) groups excluding carboxylic acids is 1. The van der Waals surface area contributed by atoms with Crippen LogP contribution in [0.1, 0.15) is 34.1 Å². The van der Waals surface area contributed by atoms with Crippen LogP contribution < -0.4 is 0 Å². The van der Waals surface area contributed by atoms with Crippen molar-refractivity contribution in [3.05, 3.63) is 51.1 Å². The largest absolute Gasteiger partial charge is 0.293 e. The van der Waals surface area contributed by atoms with E-state index in [1.807, 2.05) is 24.3 Å². The fourth-order valence-electron chi connectivity index (χ4n) is 3.21. The fraction of sp³-hybridized carbons (Fsp3) is 0.316. The molecular formula is C19H17BrN2OS2. The summed E-state index contributed by atoms with van der Waals surface area (Å²) >= 11 is 6.72. The van der Waals surface area contributed by atoms with Gasteiger partial charge in [0.1, 0.15) is 16.2 Å². The Bertz CT molecular complexity index is 936. The summed E-state index contributed by atoms with van der Waals surface area (Å²) in [5, 5.41) is 2.13. The van der Waals surface area contributed by atoms with Crippen molar-refractivity contribution in [1.29, 1.82) is 0 Å². The van der Waals surface area contributed by atoms with Crippen molar-refractivity contribution in [2.75, 3.05) is 5.75 Å². The fourth-order valence-corrected chi connectivity index (χ4v) is 5.81. The van der Waals surface area contributed by atoms with E-state index in [1.165, 1.54) is 34.0 Å². The summed E-state index contributed by atoms with van der Waals surface area (Å²) in [7, 11) is 0. The van der Waals surface area contributed by atoms with Gasteiger partial charge in [0, 0.05) is 20.3 Å². The Balaban J connectivity index is 1.59. The number of nitrogens with zero attached hydrogens (tertiary/aromatic N) is 2. The minimum absolute atomic E-state index is 0.127. The smallest absolute Gasteiger partial charge is 0.173 e. The molecular weight excluding hydrogens is 416 g/mol. The van der Waals surface area contributed by atoms with Gasteiger partial charge in [-0.2, -0.15) is 0 Å². The van der Waals surface area contributed by atoms with Gasteiger partial charge >= 0.3 is 0 Å². The Labute approximate surface area is 163 Å². The summed E-state index contributed by atoms with van der Waals surface area (Å²) < 4.78 is 0.980. The van der Waals surface area contributed by atoms with E-state index in [9.17, 15) is 4.79 Å². The number of thioether (sulfide) groups is 1. The van der Waals surface area contributed by atoms with Gasteiger partial charge in [0.05, 0.1) is 5.75 Å². The number of Topliss-reactive ketones (excluding diaryl/α,β-unsaturated/α-hetero) is 1. The first-order chi connectivity index (χ1) is 12.1. The number of thiophene rings is 1. The number of fused-ring (bicyclic) bond motifs is 3. The van der Waals surface area contributed by atoms with E-state index in [1.54, 1.807) is 17.7 Å². The minimum Gasteiger partial charge on any atom is -0.293 e. The van der Waals surface area contributed by atoms with E-state index in [0.717, 1.165) is 38.7 Å². The quantitative estimate of drug-likeness (QED) is 0.307. The Kier molecular flexibility index (Phi) is 4.93. The summed E-state index contributed by atoms with van der Waals surface area (Å²) in [5.74, 6) is 1.26. The molecule has 0 bridgehead atoms. The summed E-state index contributed by atoms with van der Waals surface area (Å²) in [6.45, 7) is 2.31. The van der Waals surface area contributed by atoms with E-state index in [2.05, 4.69) is 32.8 Å². The lowest BCUT2D eigenvalue weighted by molar-refractivity contribution is 0.102. The molecule has 1 aliphatic rings. The van der Waals surface area contributed by atoms with Crippen molar-refractivity contribution in [3.8, 4) is 0 Å². The lowest BCUT2D eigenvalue weighted by Crippen LogP contribution is -2.09. The van der Waals surface area contributed by atoms with Crippen molar-refractivity contribution in [1.82, 2.24) is 9.97 Å². The second-order valence-electron chi connectivity index (χ2n) is 6.43. The summed E-state index contributed by atoms with van der Waals surface area (Å²) in [5.41, 5.74) is 2.15. The molecule has 3 nitrogen and oxygen atoms in total. The second kappa shape index (κ2) is 7.17. The minimum atomic E-state index is 0.127. The van der Waals surface area contributed by atoms with E-state index >= 15 is 0 Å². The van der Waals surface area contributed by atoms with Gasteiger partial charge in [-0.25, -0.2) is 9.97 Å². The standard InChI is InChI=1S/C19H17BrN2OS2/c1-11-2-7-14-16(8-11)25-19-17(14)18(21-10-22-19)24-9-15(23)12-3-5-13(20)6-4-12/h3-6,10-11H,2,7-9H2,1H3. The van der Waals surface area contributed by atoms with Crippen LogP contribution in [0.25, 0.3) is 10.2 Å². The number of rotatable bonds is 4. The molecule has 0 aliphatic heterocycles. The monoisotopic (exact) mass is 432 g/mol. The summed E-state index contributed by atoms with van der Waals surface area (Å²) in [6, 6.07) is 7.52. The first-order valence-electron chi connectivity index (χ1n) is 8.28. The van der Waals surface area contributed by atoms with Crippen LogP contribution >= 0.6 is 39.0 Å². The van der Waals surface area contributed by atoms with Gasteiger partial charge in [-0.3, -0.25) is 4.79 Å². The highest BCUT2D eigenvalue weighted by Gasteiger charge is 2.23. The highest BCUT2D eigenvalue weighted by Crippen LogP contribution is 2.40. The molecule has 1 unspecified atom stereocenters. The van der Waals surface area contributed by atoms with Crippen molar-refractivity contribution >= 4 is 55.0 Å². The van der Waals surface area contributed by atoms with Crippen LogP contribution in [-0.2, 0) is 12.8 Å². The number of hydrogen-bond donors (Lipinski definition) is 0. The van der Waals surface area contributed by atoms with Gasteiger partial charge in [-0.1, -0.05) is 46.7 Å². The van der Waals surface area contributed by atoms with Gasteiger partial charge in [-0.15, -0.1) is 11.3 Å². The molecule has 6 heteroatoms. The van der Waals surface area contributed by atoms with Gasteiger partial charge in [0.15, 0.2) is 5.78 Å². The maximum Gasteiger partial charge on any atom is 0.173 e. The number of hydrogen-bond acceptors (Lipinski definition) is 5. The molecule has 4 rings (SSSR count). The van der Waals surface area contributed by atoms with Crippen LogP contribution in [0.2, 0.25) is 0 Å². The second-order valence-corrected chi connectivity index (χ2v) is 9.39. The van der Waals surface area contributed by atoms with Crippen LogP contribution in [0.3, 0.4) is 0 Å². The molecule has 1 aliphatic carbocycles. The molecule has 1 atom stereocenters. The molecule has 25 heavy (non-hydrogen) atoms. The van der Waals surface area contributed by atoms with E-state index in [-0.39, 0.29) is 5.78 Å². The summed E-state index contributed by atoms with van der Waals surface area (Å²) in [6.07, 6.45) is 5.08. The van der Waals surface area contributed by atoms with Crippen LogP contribution in [0.15, 0.2) is 40.1 Å². The average Bonchev–Trinajstić information content (AvgIpc) is 2.98. The SMILES string of the molecule is CC1CCc2c(sc3ncnc(SCC(=O)c4ccc(Br)cc4)c23)C1. The molecule has 2 aromatic heterocycles. The van der Waals surface area contributed by atoms with Crippen LogP contribution in [0.4, 0.5) is 0 Å². The molecule has 3 aromatic rings. The lowest BCUT2D eigenvalue weighted by atomic mass is 9.89. The van der Waals surface area contributed by atoms with Gasteiger partial charge < -0.3 is 0 Å². The van der Waals surface area contributed by atoms with Crippen LogP contribution in [0.5, 0.6) is 0 Å². The molecule has 0 saturated heterocycles. The number of aryl methyl sites for hydroxylation is 1. The zero-order chi connectivity index (χ0) is 17.4. The lowest BCUT2D eigenvalue weighted by Gasteiger charge is -2.18. The van der Waals surface area contributed by atoms with Crippen molar-refractivity contribution in [3.63, 3.8) is 0 Å². The summed E-state index contributed by atoms with van der Waals surface area (Å²) in [4.78, 5) is 23.9. The van der Waals surface area contributed by atoms with Crippen molar-refractivity contribution < 1.29 is 4.79 Å². The molecule has 1 aromatic carbocycles. The molecule has 0 saturated carbocycles. The predicted molar refractivity (Wildman–Crippen MR) is 108 cm³/mol.